The molecule has 1 saturated heterocycles. The second kappa shape index (κ2) is 7.61. The van der Waals surface area contributed by atoms with Crippen LogP contribution in [0.5, 0.6) is 0 Å². The highest BCUT2D eigenvalue weighted by molar-refractivity contribution is 7.89. The summed E-state index contributed by atoms with van der Waals surface area (Å²) in [6.07, 6.45) is 0.853. The molecule has 0 saturated carbocycles. The van der Waals surface area contributed by atoms with E-state index in [4.69, 9.17) is 14.0 Å². The molecule has 1 aliphatic heterocycles. The maximum Gasteiger partial charge on any atom is 0.252 e. The summed E-state index contributed by atoms with van der Waals surface area (Å²) in [6.45, 7) is 2.93. The Hall–Kier alpha value is -1.81. The molecule has 25 heavy (non-hydrogen) atoms. The Balaban J connectivity index is 1.90. The SMILES string of the molecule is CCc1ccc(S(=O)(=O)N2CCOC[C@@H]2c2noc(COC)n2)cc1. The summed E-state index contributed by atoms with van der Waals surface area (Å²) in [5.41, 5.74) is 1.08. The molecule has 1 aliphatic rings. The van der Waals surface area contributed by atoms with E-state index in [9.17, 15) is 8.42 Å². The number of nitrogens with zero attached hydrogens (tertiary/aromatic N) is 3. The molecule has 0 radical (unpaired) electrons. The molecule has 0 N–H and O–H groups in total. The van der Waals surface area contributed by atoms with Gasteiger partial charge >= 0.3 is 0 Å². The van der Waals surface area contributed by atoms with Gasteiger partial charge in [0.15, 0.2) is 5.82 Å². The van der Waals surface area contributed by atoms with Gasteiger partial charge in [0.2, 0.25) is 10.0 Å². The van der Waals surface area contributed by atoms with E-state index < -0.39 is 16.1 Å². The van der Waals surface area contributed by atoms with Crippen molar-refractivity contribution in [1.82, 2.24) is 14.4 Å². The molecule has 1 fully saturated rings. The number of aryl methyl sites for hydroxylation is 1. The minimum Gasteiger partial charge on any atom is -0.378 e. The van der Waals surface area contributed by atoms with Crippen LogP contribution in [0.2, 0.25) is 0 Å². The van der Waals surface area contributed by atoms with E-state index in [1.54, 1.807) is 12.1 Å². The van der Waals surface area contributed by atoms with Crippen LogP contribution in [-0.4, -0.2) is 49.7 Å². The standard InChI is InChI=1S/C16H21N3O5S/c1-3-12-4-6-13(7-5-12)25(20,21)19-8-9-23-10-14(19)16-17-15(11-22-2)24-18-16/h4-7,14H,3,8-11H2,1-2H3/t14-/m1/s1. The van der Waals surface area contributed by atoms with Crippen molar-refractivity contribution in [2.75, 3.05) is 26.9 Å². The van der Waals surface area contributed by atoms with Crippen molar-refractivity contribution in [2.45, 2.75) is 30.9 Å². The highest BCUT2D eigenvalue weighted by Gasteiger charge is 2.37. The van der Waals surface area contributed by atoms with Crippen molar-refractivity contribution >= 4 is 10.0 Å². The number of morpholine rings is 1. The van der Waals surface area contributed by atoms with Crippen molar-refractivity contribution in [3.63, 3.8) is 0 Å². The molecule has 2 heterocycles. The Kier molecular flexibility index (Phi) is 5.48. The van der Waals surface area contributed by atoms with Crippen LogP contribution >= 0.6 is 0 Å². The van der Waals surface area contributed by atoms with Crippen LogP contribution in [0.25, 0.3) is 0 Å². The van der Waals surface area contributed by atoms with Gasteiger partial charge in [-0.3, -0.25) is 0 Å². The molecule has 0 aliphatic carbocycles. The summed E-state index contributed by atoms with van der Waals surface area (Å²) in [5, 5.41) is 3.89. The normalized spacial score (nSPS) is 19.2. The van der Waals surface area contributed by atoms with Crippen molar-refractivity contribution < 1.29 is 22.4 Å². The van der Waals surface area contributed by atoms with E-state index in [2.05, 4.69) is 10.1 Å². The van der Waals surface area contributed by atoms with E-state index in [0.717, 1.165) is 12.0 Å². The van der Waals surface area contributed by atoms with Gasteiger partial charge in [-0.2, -0.15) is 9.29 Å². The van der Waals surface area contributed by atoms with Crippen LogP contribution in [0.4, 0.5) is 0 Å². The smallest absolute Gasteiger partial charge is 0.252 e. The number of rotatable bonds is 6. The number of methoxy groups -OCH3 is 1. The molecule has 136 valence electrons. The second-order valence-corrected chi connectivity index (χ2v) is 7.57. The van der Waals surface area contributed by atoms with Gasteiger partial charge < -0.3 is 14.0 Å². The van der Waals surface area contributed by atoms with Crippen LogP contribution in [0.1, 0.15) is 30.2 Å². The van der Waals surface area contributed by atoms with Gasteiger partial charge in [-0.25, -0.2) is 8.42 Å². The van der Waals surface area contributed by atoms with Gasteiger partial charge in [0, 0.05) is 13.7 Å². The molecular formula is C16H21N3O5S. The fraction of sp³-hybridized carbons (Fsp3) is 0.500. The first-order valence-electron chi connectivity index (χ1n) is 8.06. The summed E-state index contributed by atoms with van der Waals surface area (Å²) >= 11 is 0. The van der Waals surface area contributed by atoms with Gasteiger partial charge in [0.25, 0.3) is 5.89 Å². The van der Waals surface area contributed by atoms with E-state index in [1.807, 2.05) is 19.1 Å². The average molecular weight is 367 g/mol. The molecule has 0 spiro atoms. The molecule has 3 rings (SSSR count). The Morgan fingerprint density at radius 2 is 2.08 bits per heavy atom. The molecule has 1 atom stereocenters. The summed E-state index contributed by atoms with van der Waals surface area (Å²) in [7, 11) is -2.17. The summed E-state index contributed by atoms with van der Waals surface area (Å²) in [6, 6.07) is 6.29. The number of sulfonamides is 1. The highest BCUT2D eigenvalue weighted by Crippen LogP contribution is 2.29. The Labute approximate surface area is 146 Å². The lowest BCUT2D eigenvalue weighted by Gasteiger charge is -2.32. The van der Waals surface area contributed by atoms with E-state index in [0.29, 0.717) is 12.5 Å². The first-order chi connectivity index (χ1) is 12.1. The van der Waals surface area contributed by atoms with Gasteiger partial charge in [-0.05, 0) is 24.1 Å². The zero-order valence-corrected chi connectivity index (χ0v) is 15.0. The molecule has 0 bridgehead atoms. The summed E-state index contributed by atoms with van der Waals surface area (Å²) in [4.78, 5) is 4.47. The summed E-state index contributed by atoms with van der Waals surface area (Å²) in [5.74, 6) is 0.577. The van der Waals surface area contributed by atoms with Crippen LogP contribution in [0.3, 0.4) is 0 Å². The lowest BCUT2D eigenvalue weighted by molar-refractivity contribution is 0.0282. The maximum absolute atomic E-state index is 13.1. The number of aromatic nitrogens is 2. The van der Waals surface area contributed by atoms with Crippen molar-refractivity contribution in [2.24, 2.45) is 0 Å². The monoisotopic (exact) mass is 367 g/mol. The number of ether oxygens (including phenoxy) is 2. The minimum absolute atomic E-state index is 0.172. The molecule has 1 aromatic heterocycles. The highest BCUT2D eigenvalue weighted by atomic mass is 32.2. The van der Waals surface area contributed by atoms with Crippen molar-refractivity contribution in [1.29, 1.82) is 0 Å². The van der Waals surface area contributed by atoms with Crippen LogP contribution in [-0.2, 0) is 32.5 Å². The average Bonchev–Trinajstić information content (AvgIpc) is 3.10. The van der Waals surface area contributed by atoms with Gasteiger partial charge in [-0.1, -0.05) is 24.2 Å². The van der Waals surface area contributed by atoms with E-state index >= 15 is 0 Å². The topological polar surface area (TPSA) is 94.8 Å². The largest absolute Gasteiger partial charge is 0.378 e. The van der Waals surface area contributed by atoms with Gasteiger partial charge in [0.05, 0.1) is 18.1 Å². The van der Waals surface area contributed by atoms with Crippen LogP contribution < -0.4 is 0 Å². The Morgan fingerprint density at radius 1 is 1.32 bits per heavy atom. The summed E-state index contributed by atoms with van der Waals surface area (Å²) < 4.78 is 43.0. The first-order valence-corrected chi connectivity index (χ1v) is 9.50. The predicted molar refractivity (Wildman–Crippen MR) is 88.3 cm³/mol. The quantitative estimate of drug-likeness (QED) is 0.764. The fourth-order valence-corrected chi connectivity index (χ4v) is 4.25. The molecule has 0 amide bonds. The molecule has 1 aromatic carbocycles. The van der Waals surface area contributed by atoms with E-state index in [-0.39, 0.29) is 30.5 Å². The van der Waals surface area contributed by atoms with Crippen LogP contribution in [0, 0.1) is 0 Å². The lowest BCUT2D eigenvalue weighted by Crippen LogP contribution is -2.43. The molecule has 8 nitrogen and oxygen atoms in total. The van der Waals surface area contributed by atoms with Gasteiger partial charge in [-0.15, -0.1) is 0 Å². The third-order valence-electron chi connectivity index (χ3n) is 4.07. The van der Waals surface area contributed by atoms with Crippen molar-refractivity contribution in [3.8, 4) is 0 Å². The third kappa shape index (κ3) is 3.74. The molecular weight excluding hydrogens is 346 g/mol. The van der Waals surface area contributed by atoms with Crippen LogP contribution in [0.15, 0.2) is 33.7 Å². The predicted octanol–water partition coefficient (Wildman–Crippen LogP) is 1.54. The number of benzene rings is 1. The zero-order valence-electron chi connectivity index (χ0n) is 14.2. The van der Waals surface area contributed by atoms with Gasteiger partial charge in [0.1, 0.15) is 12.6 Å². The molecule has 9 heteroatoms. The number of hydrogen-bond acceptors (Lipinski definition) is 7. The Bertz CT molecular complexity index is 803. The van der Waals surface area contributed by atoms with E-state index in [1.165, 1.54) is 11.4 Å². The molecule has 0 unspecified atom stereocenters. The second-order valence-electron chi connectivity index (χ2n) is 5.68. The molecule has 2 aromatic rings. The number of hydrogen-bond donors (Lipinski definition) is 0. The first kappa shape index (κ1) is 18.0. The Morgan fingerprint density at radius 3 is 2.76 bits per heavy atom. The minimum atomic E-state index is -3.69. The fourth-order valence-electron chi connectivity index (χ4n) is 2.70. The maximum atomic E-state index is 13.1. The lowest BCUT2D eigenvalue weighted by atomic mass is 10.2. The third-order valence-corrected chi connectivity index (χ3v) is 5.99. The van der Waals surface area contributed by atoms with Crippen molar-refractivity contribution in [3.05, 3.63) is 41.5 Å². The zero-order chi connectivity index (χ0) is 17.9.